The van der Waals surface area contributed by atoms with Gasteiger partial charge in [0.1, 0.15) is 6.04 Å². The zero-order valence-electron chi connectivity index (χ0n) is 38.5. The molecular weight excluding hydrogens is 972 g/mol. The van der Waals surface area contributed by atoms with Crippen molar-refractivity contribution < 1.29 is 55.4 Å². The van der Waals surface area contributed by atoms with Gasteiger partial charge < -0.3 is 36.4 Å². The number of hydrogen-bond donors (Lipinski definition) is 7. The van der Waals surface area contributed by atoms with E-state index in [2.05, 4.69) is 41.7 Å². The van der Waals surface area contributed by atoms with Gasteiger partial charge in [-0.05, 0) is 111 Å². The number of nitrogens with two attached hydrogens (primary N) is 1. The van der Waals surface area contributed by atoms with Gasteiger partial charge in [0.25, 0.3) is 5.91 Å². The fourth-order valence-corrected chi connectivity index (χ4v) is 10.1. The highest BCUT2D eigenvalue weighted by Crippen LogP contribution is 2.43. The lowest BCUT2D eigenvalue weighted by atomic mass is 10.0. The summed E-state index contributed by atoms with van der Waals surface area (Å²) in [6, 6.07) is 12.1. The molecule has 0 saturated carbocycles. The van der Waals surface area contributed by atoms with Crippen LogP contribution >= 0.6 is 11.8 Å². The first-order valence-electron chi connectivity index (χ1n) is 22.9. The molecule has 20 nitrogen and oxygen atoms in total. The van der Waals surface area contributed by atoms with Gasteiger partial charge in [-0.25, -0.2) is 27.8 Å². The Bertz CT molecular complexity index is 2730. The molecule has 3 aromatic carbocycles. The molecule has 0 bridgehead atoms. The largest absolute Gasteiger partial charge is 0.504 e. The van der Waals surface area contributed by atoms with Crippen LogP contribution in [0, 0.1) is 6.92 Å². The lowest BCUT2D eigenvalue weighted by molar-refractivity contribution is -0.141. The van der Waals surface area contributed by atoms with E-state index in [1.54, 1.807) is 0 Å². The van der Waals surface area contributed by atoms with Crippen LogP contribution in [-0.4, -0.2) is 95.2 Å². The number of amides is 5. The molecule has 0 aliphatic carbocycles. The number of thioether (sulfide) groups is 1. The molecule has 3 heterocycles. The number of esters is 1. The minimum atomic E-state index is -4.96. The van der Waals surface area contributed by atoms with Crippen LogP contribution < -0.4 is 36.5 Å². The predicted molar refractivity (Wildman–Crippen MR) is 256 cm³/mol. The first-order valence-corrected chi connectivity index (χ1v) is 25.4. The van der Waals surface area contributed by atoms with E-state index in [4.69, 9.17) is 15.4 Å². The van der Waals surface area contributed by atoms with Gasteiger partial charge in [0.15, 0.2) is 17.2 Å². The Morgan fingerprint density at radius 2 is 1.62 bits per heavy atom. The number of sulfonamides is 1. The Kier molecular flexibility index (Phi) is 18.4. The second-order valence-corrected chi connectivity index (χ2v) is 19.9. The van der Waals surface area contributed by atoms with E-state index in [9.17, 15) is 50.7 Å². The topological polar surface area (TPSA) is 302 Å². The molecule has 8 N–H and O–H groups in total. The molecule has 1 aromatic heterocycles. The minimum absolute atomic E-state index is 0.0225. The van der Waals surface area contributed by atoms with Crippen molar-refractivity contribution in [3.8, 4) is 28.4 Å². The second kappa shape index (κ2) is 24.3. The summed E-state index contributed by atoms with van der Waals surface area (Å²) in [6.07, 6.45) is 0.873. The van der Waals surface area contributed by atoms with Gasteiger partial charge in [0.05, 0.1) is 28.4 Å². The summed E-state index contributed by atoms with van der Waals surface area (Å²) in [4.78, 5) is 66.5. The maximum Gasteiger partial charge on any atom is 0.435 e. The molecule has 2 saturated heterocycles. The Morgan fingerprint density at radius 3 is 2.27 bits per heavy atom. The predicted octanol–water partition coefficient (Wildman–Crippen LogP) is 6.55. The molecule has 2 aliphatic heterocycles. The molecule has 0 radical (unpaired) electrons. The van der Waals surface area contributed by atoms with Crippen LogP contribution in [0.2, 0.25) is 0 Å². The second-order valence-electron chi connectivity index (χ2n) is 17.0. The Morgan fingerprint density at radius 1 is 0.958 bits per heavy atom. The number of aromatic nitrogens is 2. The van der Waals surface area contributed by atoms with Gasteiger partial charge in [-0.2, -0.15) is 30.0 Å². The molecule has 71 heavy (non-hydrogen) atoms. The molecule has 4 aromatic rings. The number of alkyl halides is 3. The molecule has 25 heteroatoms. The Balaban J connectivity index is 1.03. The number of aromatic hydroxyl groups is 1. The van der Waals surface area contributed by atoms with Gasteiger partial charge >= 0.3 is 18.2 Å². The summed E-state index contributed by atoms with van der Waals surface area (Å²) in [5.41, 5.74) is 7.31. The number of hydrogen-bond acceptors (Lipinski definition) is 12. The summed E-state index contributed by atoms with van der Waals surface area (Å²) in [7, 11) is -4.16. The van der Waals surface area contributed by atoms with E-state index in [0.29, 0.717) is 50.0 Å². The Labute approximate surface area is 411 Å². The van der Waals surface area contributed by atoms with Gasteiger partial charge in [-0.15, -0.1) is 0 Å². The number of aryl methyl sites for hydroxylation is 1. The average molecular weight is 1030 g/mol. The number of primary sulfonamides is 1. The zero-order chi connectivity index (χ0) is 51.3. The van der Waals surface area contributed by atoms with Crippen LogP contribution in [0.15, 0.2) is 76.7 Å². The van der Waals surface area contributed by atoms with Crippen LogP contribution in [-0.2, 0) is 30.6 Å². The highest BCUT2D eigenvalue weighted by atomic mass is 32.2. The number of carbonyl (C=O) groups is 5. The van der Waals surface area contributed by atoms with Crippen molar-refractivity contribution in [3.05, 3.63) is 94.0 Å². The van der Waals surface area contributed by atoms with Gasteiger partial charge in [0, 0.05) is 58.7 Å². The van der Waals surface area contributed by atoms with Crippen LogP contribution in [0.1, 0.15) is 92.2 Å². The number of phenolic OH excluding ortho intramolecular Hbond substituents is 1. The number of ether oxygens (including phenoxy) is 1. The first-order chi connectivity index (χ1) is 33.8. The number of phenols is 1. The lowest BCUT2D eigenvalue weighted by Crippen LogP contribution is -2.43. The van der Waals surface area contributed by atoms with E-state index in [0.717, 1.165) is 41.8 Å². The Hall–Kier alpha value is -6.82. The van der Waals surface area contributed by atoms with Crippen LogP contribution in [0.25, 0.3) is 27.4 Å². The lowest BCUT2D eigenvalue weighted by Gasteiger charge is -2.20. The smallest absolute Gasteiger partial charge is 0.435 e. The monoisotopic (exact) mass is 1030 g/mol. The highest BCUT2D eigenvalue weighted by Gasteiger charge is 2.42. The third-order valence-corrected chi connectivity index (χ3v) is 14.3. The molecule has 6 rings (SSSR count). The molecule has 0 spiro atoms. The van der Waals surface area contributed by atoms with Crippen LogP contribution in [0.3, 0.4) is 0 Å². The minimum Gasteiger partial charge on any atom is -0.504 e. The fraction of sp³-hybridized carbons (Fsp3) is 0.435. The first kappa shape index (κ1) is 53.5. The van der Waals surface area contributed by atoms with Crippen LogP contribution in [0.4, 0.5) is 23.7 Å². The van der Waals surface area contributed by atoms with E-state index in [1.807, 2.05) is 11.8 Å². The molecule has 380 valence electrons. The molecule has 4 atom stereocenters. The molecule has 5 amide bonds. The maximum atomic E-state index is 14.1. The average Bonchev–Trinajstić information content (AvgIpc) is 4.05. The molecule has 0 unspecified atom stereocenters. The number of rotatable bonds is 24. The fourth-order valence-electron chi connectivity index (χ4n) is 8.02. The number of unbranched alkanes of at least 4 members (excludes halogenated alkanes) is 4. The van der Waals surface area contributed by atoms with Gasteiger partial charge in [-0.3, -0.25) is 14.4 Å². The number of azide groups is 1. The maximum absolute atomic E-state index is 14.1. The van der Waals surface area contributed by atoms with Crippen molar-refractivity contribution in [2.24, 2.45) is 10.3 Å². The standard InChI is InChI=1S/C46H54F3N11O9S2/c1-27-13-22-32(35-25-37(46(47,48)49)58-60(35)30-18-20-31(21-19-30)71(51,67)68)42(41(27)63)69-44(65)33(54-43(64)28-14-16-29(17-15-28)57-59-50)9-6-8-24-53-38(61)11-3-2-7-23-52-39(62)12-5-4-10-36-40-34(26-70-36)55-45(66)56-40/h13-22,25,33-34,36,40,63H,2-12,23-24,26H2,1H3,(H,52,62)(H,53,61)(H,54,64)(H2,51,67,68)(H2,55,56,66)/t33-,34+,36+,40+/m1/s1. The van der Waals surface area contributed by atoms with E-state index in [-0.39, 0.29) is 94.4 Å². The molecule has 2 aliphatic rings. The number of urea groups is 1. The summed E-state index contributed by atoms with van der Waals surface area (Å²) < 4.78 is 72.8. The summed E-state index contributed by atoms with van der Waals surface area (Å²) in [5.74, 6) is -2.31. The molecular formula is C46H54F3N11O9S2. The third kappa shape index (κ3) is 14.9. The van der Waals surface area contributed by atoms with Crippen molar-refractivity contribution in [1.82, 2.24) is 36.4 Å². The number of fused-ring (bicyclic) bond motifs is 1. The molecule has 2 fully saturated rings. The van der Waals surface area contributed by atoms with Crippen molar-refractivity contribution in [2.75, 3.05) is 18.8 Å². The SMILES string of the molecule is Cc1ccc(-c2cc(C(F)(F)F)nn2-c2ccc(S(N)(=O)=O)cc2)c(OC(=O)[C@@H](CCCCNC(=O)CCCCCNC(=O)CCCC[C@@H]2SC[C@@H]3NC(=O)N[C@@H]32)NC(=O)c2ccc(N=[N+]=[N-])cc2)c1O. The highest BCUT2D eigenvalue weighted by molar-refractivity contribution is 8.00. The van der Waals surface area contributed by atoms with Gasteiger partial charge in [-0.1, -0.05) is 36.2 Å². The van der Waals surface area contributed by atoms with Crippen molar-refractivity contribution >= 4 is 57.2 Å². The normalized spacial score (nSPS) is 16.7. The van der Waals surface area contributed by atoms with Crippen molar-refractivity contribution in [1.29, 1.82) is 0 Å². The summed E-state index contributed by atoms with van der Waals surface area (Å²) in [5, 5.41) is 38.3. The van der Waals surface area contributed by atoms with Gasteiger partial charge in [0.2, 0.25) is 21.8 Å². The van der Waals surface area contributed by atoms with E-state index < -0.39 is 51.3 Å². The van der Waals surface area contributed by atoms with Crippen LogP contribution in [0.5, 0.6) is 11.5 Å². The summed E-state index contributed by atoms with van der Waals surface area (Å²) in [6.45, 7) is 2.18. The number of nitrogens with one attached hydrogen (secondary N) is 5. The van der Waals surface area contributed by atoms with Crippen molar-refractivity contribution in [2.45, 2.75) is 112 Å². The zero-order valence-corrected chi connectivity index (χ0v) is 40.2. The van der Waals surface area contributed by atoms with E-state index in [1.165, 1.54) is 55.5 Å². The van der Waals surface area contributed by atoms with Crippen molar-refractivity contribution in [3.63, 3.8) is 0 Å². The number of benzene rings is 3. The van der Waals surface area contributed by atoms with E-state index >= 15 is 0 Å². The number of carbonyl (C=O) groups excluding carboxylic acids is 5. The number of nitrogens with zero attached hydrogens (tertiary/aromatic N) is 5. The third-order valence-electron chi connectivity index (χ3n) is 11.8. The summed E-state index contributed by atoms with van der Waals surface area (Å²) >= 11 is 1.85. The number of halogens is 3. The quantitative estimate of drug-likeness (QED) is 0.00750.